The maximum absolute atomic E-state index is 12.6. The van der Waals surface area contributed by atoms with Crippen molar-refractivity contribution in [2.24, 2.45) is 5.73 Å². The lowest BCUT2D eigenvalue weighted by Gasteiger charge is -2.40. The molecular weight excluding hydrogens is 281 g/mol. The average Bonchev–Trinajstić information content (AvgIpc) is 2.38. The Morgan fingerprint density at radius 3 is 2.14 bits per heavy atom. The van der Waals surface area contributed by atoms with Gasteiger partial charge in [-0.1, -0.05) is 12.1 Å². The first-order valence-electron chi connectivity index (χ1n) is 7.08. The second-order valence-corrected chi connectivity index (χ2v) is 5.58. The van der Waals surface area contributed by atoms with Crippen LogP contribution in [-0.2, 0) is 10.9 Å². The van der Waals surface area contributed by atoms with Crippen LogP contribution >= 0.6 is 0 Å². The summed E-state index contributed by atoms with van der Waals surface area (Å²) in [4.78, 5) is 2.18. The fraction of sp³-hybridized carbons (Fsp3) is 0.600. The van der Waals surface area contributed by atoms with Gasteiger partial charge in [-0.2, -0.15) is 13.2 Å². The van der Waals surface area contributed by atoms with E-state index in [1.807, 2.05) is 13.8 Å². The molecule has 0 spiro atoms. The van der Waals surface area contributed by atoms with Crippen LogP contribution in [0.15, 0.2) is 24.3 Å². The number of morpholine rings is 1. The van der Waals surface area contributed by atoms with E-state index in [9.17, 15) is 13.2 Å². The molecule has 0 aromatic heterocycles. The normalized spacial score (nSPS) is 25.8. The molecule has 0 unspecified atom stereocenters. The lowest BCUT2D eigenvalue weighted by Crippen LogP contribution is -2.48. The molecule has 1 aromatic carbocycles. The van der Waals surface area contributed by atoms with Crippen LogP contribution in [0.3, 0.4) is 0 Å². The fourth-order valence-corrected chi connectivity index (χ4v) is 2.86. The third-order valence-electron chi connectivity index (χ3n) is 3.73. The largest absolute Gasteiger partial charge is 0.416 e. The van der Waals surface area contributed by atoms with Crippen LogP contribution in [0.2, 0.25) is 0 Å². The summed E-state index contributed by atoms with van der Waals surface area (Å²) in [6.07, 6.45) is -4.12. The highest BCUT2D eigenvalue weighted by Gasteiger charge is 2.31. The van der Waals surface area contributed by atoms with Gasteiger partial charge in [-0.05, 0) is 31.5 Å². The van der Waals surface area contributed by atoms with Crippen LogP contribution < -0.4 is 5.73 Å². The van der Waals surface area contributed by atoms with Crippen molar-refractivity contribution in [1.29, 1.82) is 0 Å². The van der Waals surface area contributed by atoms with Crippen LogP contribution in [0, 0.1) is 0 Å². The maximum Gasteiger partial charge on any atom is 0.416 e. The highest BCUT2D eigenvalue weighted by Crippen LogP contribution is 2.31. The van der Waals surface area contributed by atoms with E-state index < -0.39 is 11.7 Å². The molecule has 0 aliphatic carbocycles. The van der Waals surface area contributed by atoms with E-state index in [2.05, 4.69) is 4.90 Å². The molecular formula is C15H21F3N2O. The lowest BCUT2D eigenvalue weighted by atomic mass is 10.0. The Bertz CT molecular complexity index is 451. The van der Waals surface area contributed by atoms with Crippen molar-refractivity contribution in [3.05, 3.63) is 35.4 Å². The van der Waals surface area contributed by atoms with Gasteiger partial charge in [-0.25, -0.2) is 0 Å². The maximum atomic E-state index is 12.6. The van der Waals surface area contributed by atoms with Gasteiger partial charge >= 0.3 is 6.18 Å². The molecule has 2 N–H and O–H groups in total. The van der Waals surface area contributed by atoms with E-state index >= 15 is 0 Å². The summed E-state index contributed by atoms with van der Waals surface area (Å²) in [5.41, 5.74) is 6.02. The van der Waals surface area contributed by atoms with Crippen molar-refractivity contribution in [2.75, 3.05) is 19.6 Å². The monoisotopic (exact) mass is 302 g/mol. The average molecular weight is 302 g/mol. The Labute approximate surface area is 122 Å². The molecule has 0 bridgehead atoms. The third-order valence-corrected chi connectivity index (χ3v) is 3.73. The molecule has 0 amide bonds. The Hall–Kier alpha value is -1.11. The smallest absolute Gasteiger partial charge is 0.373 e. The minimum atomic E-state index is -4.31. The molecule has 21 heavy (non-hydrogen) atoms. The minimum absolute atomic E-state index is 0.0823. The van der Waals surface area contributed by atoms with Gasteiger partial charge in [-0.3, -0.25) is 4.90 Å². The number of alkyl halides is 3. The topological polar surface area (TPSA) is 38.5 Å². The first kappa shape index (κ1) is 16.3. The van der Waals surface area contributed by atoms with Crippen LogP contribution in [0.1, 0.15) is 31.0 Å². The van der Waals surface area contributed by atoms with E-state index in [-0.39, 0.29) is 18.2 Å². The van der Waals surface area contributed by atoms with E-state index in [0.29, 0.717) is 6.54 Å². The molecule has 1 heterocycles. The van der Waals surface area contributed by atoms with Crippen LogP contribution in [-0.4, -0.2) is 36.7 Å². The highest BCUT2D eigenvalue weighted by atomic mass is 19.4. The molecule has 1 saturated heterocycles. The van der Waals surface area contributed by atoms with E-state index in [1.165, 1.54) is 12.1 Å². The van der Waals surface area contributed by atoms with E-state index in [1.54, 1.807) is 0 Å². The van der Waals surface area contributed by atoms with Gasteiger partial charge in [0.05, 0.1) is 17.8 Å². The lowest BCUT2D eigenvalue weighted by molar-refractivity contribution is -0.137. The van der Waals surface area contributed by atoms with E-state index in [0.717, 1.165) is 30.8 Å². The summed E-state index contributed by atoms with van der Waals surface area (Å²) >= 11 is 0. The van der Waals surface area contributed by atoms with Crippen molar-refractivity contribution in [3.8, 4) is 0 Å². The number of hydrogen-bond donors (Lipinski definition) is 1. The Morgan fingerprint density at radius 1 is 1.19 bits per heavy atom. The molecule has 1 fully saturated rings. The zero-order valence-electron chi connectivity index (χ0n) is 12.2. The second-order valence-electron chi connectivity index (χ2n) is 5.58. The molecule has 6 heteroatoms. The molecule has 2 rings (SSSR count). The predicted molar refractivity (Wildman–Crippen MR) is 74.8 cm³/mol. The second kappa shape index (κ2) is 6.34. The van der Waals surface area contributed by atoms with Crippen LogP contribution in [0.25, 0.3) is 0 Å². The minimum Gasteiger partial charge on any atom is -0.373 e. The SMILES string of the molecule is C[C@@H]1CN([C@@H](CN)c2ccc(C(F)(F)F)cc2)C[C@H](C)O1. The van der Waals surface area contributed by atoms with Gasteiger partial charge in [-0.15, -0.1) is 0 Å². The van der Waals surface area contributed by atoms with Gasteiger partial charge in [0.2, 0.25) is 0 Å². The summed E-state index contributed by atoms with van der Waals surface area (Å²) in [6, 6.07) is 5.19. The zero-order chi connectivity index (χ0) is 15.6. The van der Waals surface area contributed by atoms with Gasteiger partial charge in [0.25, 0.3) is 0 Å². The highest BCUT2D eigenvalue weighted by molar-refractivity contribution is 5.27. The van der Waals surface area contributed by atoms with Crippen molar-refractivity contribution >= 4 is 0 Å². The summed E-state index contributed by atoms with van der Waals surface area (Å²) in [5.74, 6) is 0. The first-order chi connectivity index (χ1) is 9.81. The fourth-order valence-electron chi connectivity index (χ4n) is 2.86. The zero-order valence-corrected chi connectivity index (χ0v) is 12.2. The Balaban J connectivity index is 2.17. The van der Waals surface area contributed by atoms with Gasteiger partial charge in [0.15, 0.2) is 0 Å². The molecule has 0 radical (unpaired) electrons. The number of nitrogens with zero attached hydrogens (tertiary/aromatic N) is 1. The summed E-state index contributed by atoms with van der Waals surface area (Å²) in [5, 5.41) is 0. The van der Waals surface area contributed by atoms with Gasteiger partial charge < -0.3 is 10.5 Å². The number of ether oxygens (including phenoxy) is 1. The molecule has 0 saturated carbocycles. The van der Waals surface area contributed by atoms with Crippen molar-refractivity contribution in [1.82, 2.24) is 4.90 Å². The van der Waals surface area contributed by atoms with E-state index in [4.69, 9.17) is 10.5 Å². The molecule has 1 aliphatic rings. The predicted octanol–water partition coefficient (Wildman–Crippen LogP) is 2.81. The number of hydrogen-bond acceptors (Lipinski definition) is 3. The summed E-state index contributed by atoms with van der Waals surface area (Å²) in [6.45, 7) is 5.80. The Kier molecular flexibility index (Phi) is 4.91. The quantitative estimate of drug-likeness (QED) is 0.933. The third kappa shape index (κ3) is 3.96. The van der Waals surface area contributed by atoms with Gasteiger partial charge in [0, 0.05) is 25.7 Å². The molecule has 1 aliphatic heterocycles. The molecule has 118 valence electrons. The Morgan fingerprint density at radius 2 is 1.71 bits per heavy atom. The number of halogens is 3. The first-order valence-corrected chi connectivity index (χ1v) is 7.08. The summed E-state index contributed by atoms with van der Waals surface area (Å²) < 4.78 is 43.5. The van der Waals surface area contributed by atoms with Crippen molar-refractivity contribution < 1.29 is 17.9 Å². The standard InChI is InChI=1S/C15H21F3N2O/c1-10-8-20(9-11(2)21-10)14(7-19)12-3-5-13(6-4-12)15(16,17)18/h3-6,10-11,14H,7-9,19H2,1-2H3/t10-,11+,14-/m0/s1. The number of benzene rings is 1. The van der Waals surface area contributed by atoms with Crippen LogP contribution in [0.5, 0.6) is 0 Å². The molecule has 1 aromatic rings. The molecule has 3 nitrogen and oxygen atoms in total. The number of rotatable bonds is 3. The van der Waals surface area contributed by atoms with Gasteiger partial charge in [0.1, 0.15) is 0 Å². The molecule has 3 atom stereocenters. The van der Waals surface area contributed by atoms with Crippen LogP contribution in [0.4, 0.5) is 13.2 Å². The summed E-state index contributed by atoms with van der Waals surface area (Å²) in [7, 11) is 0. The van der Waals surface area contributed by atoms with Crippen molar-refractivity contribution in [3.63, 3.8) is 0 Å². The number of nitrogens with two attached hydrogens (primary N) is 1. The van der Waals surface area contributed by atoms with Crippen molar-refractivity contribution in [2.45, 2.75) is 38.3 Å².